The van der Waals surface area contributed by atoms with Gasteiger partial charge in [0.05, 0.1) is 16.7 Å². The summed E-state index contributed by atoms with van der Waals surface area (Å²) in [7, 11) is -3.65. The van der Waals surface area contributed by atoms with Crippen molar-refractivity contribution in [2.45, 2.75) is 31.3 Å². The maximum absolute atomic E-state index is 13.3. The van der Waals surface area contributed by atoms with Crippen LogP contribution in [0.4, 0.5) is 10.1 Å². The molecule has 0 saturated heterocycles. The topological polar surface area (TPSA) is 46.6 Å². The molecular formula is C17H18FNO3S. The molecule has 0 unspecified atom stereocenters. The number of ether oxygens (including phenoxy) is 1. The van der Waals surface area contributed by atoms with Crippen molar-refractivity contribution in [3.63, 3.8) is 0 Å². The van der Waals surface area contributed by atoms with Crippen LogP contribution in [0.15, 0.2) is 47.4 Å². The first-order valence-electron chi connectivity index (χ1n) is 7.46. The van der Waals surface area contributed by atoms with Crippen molar-refractivity contribution < 1.29 is 17.5 Å². The molecule has 0 saturated carbocycles. The predicted molar refractivity (Wildman–Crippen MR) is 86.8 cm³/mol. The van der Waals surface area contributed by atoms with E-state index >= 15 is 0 Å². The minimum absolute atomic E-state index is 0.0258. The number of sulfonamides is 1. The monoisotopic (exact) mass is 335 g/mol. The Hall–Kier alpha value is -2.08. The molecule has 2 aromatic rings. The Kier molecular flexibility index (Phi) is 4.02. The van der Waals surface area contributed by atoms with Crippen molar-refractivity contribution >= 4 is 15.7 Å². The lowest BCUT2D eigenvalue weighted by Gasteiger charge is -2.20. The van der Waals surface area contributed by atoms with Crippen LogP contribution < -0.4 is 9.04 Å². The molecule has 0 N–H and O–H groups in total. The lowest BCUT2D eigenvalue weighted by molar-refractivity contribution is 0.242. The van der Waals surface area contributed by atoms with E-state index in [0.29, 0.717) is 30.0 Å². The second kappa shape index (κ2) is 5.85. The average Bonchev–Trinajstić information content (AvgIpc) is 2.90. The van der Waals surface area contributed by atoms with Gasteiger partial charge in [-0.25, -0.2) is 12.8 Å². The predicted octanol–water partition coefficient (Wildman–Crippen LogP) is 3.36. The highest BCUT2D eigenvalue weighted by Crippen LogP contribution is 2.33. The smallest absolute Gasteiger partial charge is 0.264 e. The summed E-state index contributed by atoms with van der Waals surface area (Å²) in [5.41, 5.74) is 1.27. The first-order chi connectivity index (χ1) is 10.9. The number of benzene rings is 2. The zero-order valence-electron chi connectivity index (χ0n) is 13.0. The Morgan fingerprint density at radius 1 is 1.13 bits per heavy atom. The molecule has 3 rings (SSSR count). The molecule has 0 aliphatic carbocycles. The second-order valence-electron chi connectivity index (χ2n) is 5.74. The molecule has 0 radical (unpaired) electrons. The van der Waals surface area contributed by atoms with Gasteiger partial charge in [0.2, 0.25) is 0 Å². The van der Waals surface area contributed by atoms with E-state index in [9.17, 15) is 12.8 Å². The average molecular weight is 335 g/mol. The van der Waals surface area contributed by atoms with Crippen molar-refractivity contribution in [1.82, 2.24) is 0 Å². The molecule has 1 aliphatic rings. The molecule has 0 spiro atoms. The molecule has 0 bridgehead atoms. The Bertz CT molecular complexity index is 816. The standard InChI is InChI=1S/C17H18FNO3S/c1-12(2)22-15-4-6-16(7-5-15)23(20,21)19-10-9-13-11-14(18)3-8-17(13)19/h3-8,11-12H,9-10H2,1-2H3. The Morgan fingerprint density at radius 2 is 1.83 bits per heavy atom. The maximum Gasteiger partial charge on any atom is 0.264 e. The summed E-state index contributed by atoms with van der Waals surface area (Å²) in [6.07, 6.45) is 0.541. The molecule has 1 heterocycles. The Morgan fingerprint density at radius 3 is 2.48 bits per heavy atom. The van der Waals surface area contributed by atoms with Crippen molar-refractivity contribution in [2.75, 3.05) is 10.8 Å². The molecule has 122 valence electrons. The van der Waals surface area contributed by atoms with Crippen molar-refractivity contribution in [3.05, 3.63) is 53.8 Å². The van der Waals surface area contributed by atoms with Gasteiger partial charge >= 0.3 is 0 Å². The number of fused-ring (bicyclic) bond motifs is 1. The summed E-state index contributed by atoms with van der Waals surface area (Å²) in [6.45, 7) is 4.14. The fraction of sp³-hybridized carbons (Fsp3) is 0.294. The summed E-state index contributed by atoms with van der Waals surface area (Å²) < 4.78 is 45.7. The summed E-state index contributed by atoms with van der Waals surface area (Å²) in [4.78, 5) is 0.200. The highest BCUT2D eigenvalue weighted by Gasteiger charge is 2.31. The molecule has 0 amide bonds. The minimum Gasteiger partial charge on any atom is -0.491 e. The number of halogens is 1. The van der Waals surface area contributed by atoms with E-state index in [2.05, 4.69) is 0 Å². The highest BCUT2D eigenvalue weighted by atomic mass is 32.2. The molecule has 6 heteroatoms. The van der Waals surface area contributed by atoms with Gasteiger partial charge in [0.25, 0.3) is 10.0 Å². The molecular weight excluding hydrogens is 317 g/mol. The third-order valence-electron chi connectivity index (χ3n) is 3.68. The van der Waals surface area contributed by atoms with E-state index in [-0.39, 0.29) is 16.8 Å². The van der Waals surface area contributed by atoms with Crippen LogP contribution in [0.1, 0.15) is 19.4 Å². The van der Waals surface area contributed by atoms with Crippen LogP contribution in [0.5, 0.6) is 5.75 Å². The highest BCUT2D eigenvalue weighted by molar-refractivity contribution is 7.92. The van der Waals surface area contributed by atoms with E-state index in [1.54, 1.807) is 12.1 Å². The molecule has 0 atom stereocenters. The van der Waals surface area contributed by atoms with Gasteiger partial charge in [0.15, 0.2) is 0 Å². The van der Waals surface area contributed by atoms with Gasteiger partial charge in [-0.3, -0.25) is 4.31 Å². The van der Waals surface area contributed by atoms with E-state index in [0.717, 1.165) is 0 Å². The van der Waals surface area contributed by atoms with Gasteiger partial charge in [0, 0.05) is 6.54 Å². The summed E-state index contributed by atoms with van der Waals surface area (Å²) in [5, 5.41) is 0. The zero-order valence-corrected chi connectivity index (χ0v) is 13.8. The third-order valence-corrected chi connectivity index (χ3v) is 5.51. The molecule has 23 heavy (non-hydrogen) atoms. The van der Waals surface area contributed by atoms with Crippen LogP contribution >= 0.6 is 0 Å². The first kappa shape index (κ1) is 15.8. The quantitative estimate of drug-likeness (QED) is 0.861. The van der Waals surface area contributed by atoms with Crippen molar-refractivity contribution in [3.8, 4) is 5.75 Å². The van der Waals surface area contributed by atoms with E-state index in [4.69, 9.17) is 4.74 Å². The maximum atomic E-state index is 13.3. The van der Waals surface area contributed by atoms with Crippen LogP contribution in [0, 0.1) is 5.82 Å². The first-order valence-corrected chi connectivity index (χ1v) is 8.90. The van der Waals surface area contributed by atoms with E-state index in [1.807, 2.05) is 13.8 Å². The van der Waals surface area contributed by atoms with Crippen molar-refractivity contribution in [2.24, 2.45) is 0 Å². The number of anilines is 1. The van der Waals surface area contributed by atoms with E-state index < -0.39 is 10.0 Å². The molecule has 0 fully saturated rings. The summed E-state index contributed by atoms with van der Waals surface area (Å²) in [6, 6.07) is 10.6. The third kappa shape index (κ3) is 3.03. The lowest BCUT2D eigenvalue weighted by atomic mass is 10.2. The molecule has 2 aromatic carbocycles. The van der Waals surface area contributed by atoms with Crippen LogP contribution in [-0.4, -0.2) is 21.1 Å². The Labute approximate surface area is 135 Å². The zero-order chi connectivity index (χ0) is 16.6. The largest absolute Gasteiger partial charge is 0.491 e. The van der Waals surface area contributed by atoms with Gasteiger partial charge < -0.3 is 4.74 Å². The van der Waals surface area contributed by atoms with Crippen LogP contribution in [-0.2, 0) is 16.4 Å². The summed E-state index contributed by atoms with van der Waals surface area (Å²) >= 11 is 0. The van der Waals surface area contributed by atoms with Crippen LogP contribution in [0.2, 0.25) is 0 Å². The normalized spacial score (nSPS) is 14.2. The lowest BCUT2D eigenvalue weighted by Crippen LogP contribution is -2.29. The molecule has 0 aromatic heterocycles. The van der Waals surface area contributed by atoms with Gasteiger partial charge in [-0.05, 0) is 68.3 Å². The molecule has 4 nitrogen and oxygen atoms in total. The van der Waals surface area contributed by atoms with Gasteiger partial charge in [-0.15, -0.1) is 0 Å². The Balaban J connectivity index is 1.91. The van der Waals surface area contributed by atoms with Gasteiger partial charge in [0.1, 0.15) is 11.6 Å². The minimum atomic E-state index is -3.65. The van der Waals surface area contributed by atoms with Crippen LogP contribution in [0.3, 0.4) is 0 Å². The number of hydrogen-bond donors (Lipinski definition) is 0. The molecule has 1 aliphatic heterocycles. The fourth-order valence-electron chi connectivity index (χ4n) is 2.68. The number of nitrogens with zero attached hydrogens (tertiary/aromatic N) is 1. The van der Waals surface area contributed by atoms with Crippen LogP contribution in [0.25, 0.3) is 0 Å². The second-order valence-corrected chi connectivity index (χ2v) is 7.60. The number of rotatable bonds is 4. The number of hydrogen-bond acceptors (Lipinski definition) is 3. The fourth-order valence-corrected chi connectivity index (χ4v) is 4.18. The van der Waals surface area contributed by atoms with Crippen molar-refractivity contribution in [1.29, 1.82) is 0 Å². The van der Waals surface area contributed by atoms with Gasteiger partial charge in [-0.2, -0.15) is 0 Å². The van der Waals surface area contributed by atoms with Gasteiger partial charge in [-0.1, -0.05) is 0 Å². The van der Waals surface area contributed by atoms with E-state index in [1.165, 1.54) is 34.6 Å². The summed E-state index contributed by atoms with van der Waals surface area (Å²) in [5.74, 6) is 0.279. The SMILES string of the molecule is CC(C)Oc1ccc(S(=O)(=O)N2CCc3cc(F)ccc32)cc1.